The van der Waals surface area contributed by atoms with Crippen molar-refractivity contribution in [2.75, 3.05) is 12.4 Å². The van der Waals surface area contributed by atoms with Gasteiger partial charge < -0.3 is 9.84 Å². The van der Waals surface area contributed by atoms with Crippen molar-refractivity contribution in [2.24, 2.45) is 0 Å². The van der Waals surface area contributed by atoms with Crippen LogP contribution >= 0.6 is 24.2 Å². The fraction of sp³-hybridized carbons (Fsp3) is 0.111. The quantitative estimate of drug-likeness (QED) is 0.527. The first-order valence-electron chi connectivity index (χ1n) is 7.67. The molecule has 0 amide bonds. The molecule has 1 aromatic heterocycles. The summed E-state index contributed by atoms with van der Waals surface area (Å²) in [7, 11) is 0. The zero-order chi connectivity index (χ0) is 17.4. The van der Waals surface area contributed by atoms with Crippen LogP contribution in [0.4, 0.5) is 0 Å². The molecule has 0 spiro atoms. The first-order chi connectivity index (χ1) is 12.1. The lowest BCUT2D eigenvalue weighted by molar-refractivity contribution is 0.345. The largest absolute Gasteiger partial charge is 0.506 e. The fourth-order valence-corrected chi connectivity index (χ4v) is 2.92. The Labute approximate surface area is 154 Å². The van der Waals surface area contributed by atoms with E-state index in [1.54, 1.807) is 24.3 Å². The second-order valence-corrected chi connectivity index (χ2v) is 6.43. The minimum Gasteiger partial charge on any atom is -0.506 e. The van der Waals surface area contributed by atoms with Crippen molar-refractivity contribution >= 4 is 46.0 Å². The fourth-order valence-electron chi connectivity index (χ4n) is 2.66. The topological polar surface area (TPSA) is 60.2 Å². The van der Waals surface area contributed by atoms with Crippen molar-refractivity contribution in [1.82, 2.24) is 15.0 Å². The van der Waals surface area contributed by atoms with Gasteiger partial charge in [-0.2, -0.15) is 12.6 Å². The maximum atomic E-state index is 10.4. The highest BCUT2D eigenvalue weighted by atomic mass is 35.5. The number of phenolic OH excluding ortho intramolecular Hbond substituents is 1. The van der Waals surface area contributed by atoms with Gasteiger partial charge in [0.15, 0.2) is 0 Å². The van der Waals surface area contributed by atoms with E-state index < -0.39 is 0 Å². The lowest BCUT2D eigenvalue weighted by Gasteiger charge is -2.08. The molecule has 0 radical (unpaired) electrons. The summed E-state index contributed by atoms with van der Waals surface area (Å²) in [5, 5.41) is 21.6. The highest BCUT2D eigenvalue weighted by Gasteiger charge is 2.11. The third-order valence-corrected chi connectivity index (χ3v) is 4.24. The molecule has 0 atom stereocenters. The van der Waals surface area contributed by atoms with Gasteiger partial charge in [0.05, 0.1) is 6.61 Å². The molecular formula is C18H14ClN3O2S. The summed E-state index contributed by atoms with van der Waals surface area (Å²) in [5.74, 6) is 1.50. The molecule has 3 aromatic carbocycles. The Morgan fingerprint density at radius 1 is 1.00 bits per heavy atom. The number of fused-ring (bicyclic) bond motifs is 2. The highest BCUT2D eigenvalue weighted by Crippen LogP contribution is 2.30. The van der Waals surface area contributed by atoms with Crippen LogP contribution < -0.4 is 4.74 Å². The van der Waals surface area contributed by atoms with Gasteiger partial charge in [0.1, 0.15) is 28.2 Å². The molecule has 0 aliphatic heterocycles. The minimum absolute atomic E-state index is 0.0999. The average Bonchev–Trinajstić information content (AvgIpc) is 3.02. The van der Waals surface area contributed by atoms with E-state index in [2.05, 4.69) is 22.8 Å². The van der Waals surface area contributed by atoms with E-state index in [4.69, 9.17) is 16.3 Å². The number of hydrogen-bond acceptors (Lipinski definition) is 5. The van der Waals surface area contributed by atoms with E-state index in [0.29, 0.717) is 34.1 Å². The van der Waals surface area contributed by atoms with E-state index in [-0.39, 0.29) is 5.75 Å². The van der Waals surface area contributed by atoms with Crippen LogP contribution in [0, 0.1) is 0 Å². The van der Waals surface area contributed by atoms with Crippen LogP contribution in [0.5, 0.6) is 11.5 Å². The van der Waals surface area contributed by atoms with Crippen molar-refractivity contribution < 1.29 is 9.84 Å². The standard InChI is InChI=1S/C18H14ClN3O2S/c19-13-2-4-15-16(10-13)21-22(20-15)17-8-12-7-14(24-5-6-25)3-1-11(12)9-18(17)23/h1-4,7-10,23,25H,5-6H2. The van der Waals surface area contributed by atoms with Crippen molar-refractivity contribution in [3.8, 4) is 17.2 Å². The number of hydrogen-bond donors (Lipinski definition) is 2. The van der Waals surface area contributed by atoms with E-state index >= 15 is 0 Å². The predicted molar refractivity (Wildman–Crippen MR) is 102 cm³/mol. The lowest BCUT2D eigenvalue weighted by atomic mass is 10.1. The first kappa shape index (κ1) is 16.1. The number of phenols is 1. The number of benzene rings is 3. The molecule has 0 aliphatic carbocycles. The van der Waals surface area contributed by atoms with Gasteiger partial charge in [-0.05, 0) is 53.2 Å². The zero-order valence-electron chi connectivity index (χ0n) is 13.1. The third kappa shape index (κ3) is 3.10. The van der Waals surface area contributed by atoms with Gasteiger partial charge in [-0.25, -0.2) is 0 Å². The Hall–Kier alpha value is -2.44. The highest BCUT2D eigenvalue weighted by molar-refractivity contribution is 7.80. The van der Waals surface area contributed by atoms with Crippen LogP contribution in [-0.4, -0.2) is 32.5 Å². The lowest BCUT2D eigenvalue weighted by Crippen LogP contribution is -2.00. The Kier molecular flexibility index (Phi) is 4.15. The van der Waals surface area contributed by atoms with Gasteiger partial charge >= 0.3 is 0 Å². The number of thiol groups is 1. The van der Waals surface area contributed by atoms with Crippen LogP contribution in [0.15, 0.2) is 48.5 Å². The molecule has 4 aromatic rings. The molecule has 5 nitrogen and oxygen atoms in total. The van der Waals surface area contributed by atoms with Crippen molar-refractivity contribution in [3.63, 3.8) is 0 Å². The number of nitrogens with zero attached hydrogens (tertiary/aromatic N) is 3. The molecule has 0 aliphatic rings. The van der Waals surface area contributed by atoms with Gasteiger partial charge in [0, 0.05) is 10.8 Å². The second kappa shape index (κ2) is 6.46. The van der Waals surface area contributed by atoms with Crippen LogP contribution in [0.1, 0.15) is 0 Å². The van der Waals surface area contributed by atoms with E-state index in [9.17, 15) is 5.11 Å². The van der Waals surface area contributed by atoms with Gasteiger partial charge in [-0.3, -0.25) is 0 Å². The summed E-state index contributed by atoms with van der Waals surface area (Å²) < 4.78 is 5.61. The van der Waals surface area contributed by atoms with Gasteiger partial charge in [-0.1, -0.05) is 17.7 Å². The number of halogens is 1. The molecule has 0 bridgehead atoms. The maximum absolute atomic E-state index is 10.4. The summed E-state index contributed by atoms with van der Waals surface area (Å²) in [4.78, 5) is 1.41. The van der Waals surface area contributed by atoms with Crippen LogP contribution in [0.2, 0.25) is 5.02 Å². The van der Waals surface area contributed by atoms with E-state index in [1.807, 2.05) is 24.3 Å². The minimum atomic E-state index is 0.0999. The van der Waals surface area contributed by atoms with Crippen molar-refractivity contribution in [3.05, 3.63) is 53.6 Å². The van der Waals surface area contributed by atoms with Crippen LogP contribution in [0.25, 0.3) is 27.5 Å². The SMILES string of the molecule is Oc1cc2ccc(OCCS)cc2cc1-n1nc2ccc(Cl)cc2n1. The van der Waals surface area contributed by atoms with E-state index in [0.717, 1.165) is 16.5 Å². The summed E-state index contributed by atoms with van der Waals surface area (Å²) in [5.41, 5.74) is 1.86. The normalized spacial score (nSPS) is 11.3. The Morgan fingerprint density at radius 3 is 2.68 bits per heavy atom. The summed E-state index contributed by atoms with van der Waals surface area (Å²) in [6, 6.07) is 14.5. The van der Waals surface area contributed by atoms with Gasteiger partial charge in [-0.15, -0.1) is 15.0 Å². The summed E-state index contributed by atoms with van der Waals surface area (Å²) >= 11 is 10.1. The molecule has 0 saturated carbocycles. The monoisotopic (exact) mass is 371 g/mol. The third-order valence-electron chi connectivity index (χ3n) is 3.82. The zero-order valence-corrected chi connectivity index (χ0v) is 14.7. The van der Waals surface area contributed by atoms with Crippen LogP contribution in [0.3, 0.4) is 0 Å². The molecule has 25 heavy (non-hydrogen) atoms. The van der Waals surface area contributed by atoms with E-state index in [1.165, 1.54) is 4.80 Å². The smallest absolute Gasteiger partial charge is 0.143 e. The molecule has 0 unspecified atom stereocenters. The van der Waals surface area contributed by atoms with Crippen LogP contribution in [-0.2, 0) is 0 Å². The van der Waals surface area contributed by atoms with Gasteiger partial charge in [0.25, 0.3) is 0 Å². The number of ether oxygens (including phenoxy) is 1. The molecule has 7 heteroatoms. The molecular weight excluding hydrogens is 358 g/mol. The Bertz CT molecular complexity index is 1080. The molecule has 0 saturated heterocycles. The van der Waals surface area contributed by atoms with Gasteiger partial charge in [0.2, 0.25) is 0 Å². The average molecular weight is 372 g/mol. The predicted octanol–water partition coefficient (Wildman–Crippen LogP) is 4.24. The molecule has 126 valence electrons. The first-order valence-corrected chi connectivity index (χ1v) is 8.68. The number of aromatic nitrogens is 3. The second-order valence-electron chi connectivity index (χ2n) is 5.54. The maximum Gasteiger partial charge on any atom is 0.143 e. The number of aromatic hydroxyl groups is 1. The molecule has 4 rings (SSSR count). The summed E-state index contributed by atoms with van der Waals surface area (Å²) in [6.45, 7) is 0.534. The van der Waals surface area contributed by atoms with Crippen molar-refractivity contribution in [1.29, 1.82) is 0 Å². The molecule has 1 N–H and O–H groups in total. The molecule has 1 heterocycles. The summed E-state index contributed by atoms with van der Waals surface area (Å²) in [6.07, 6.45) is 0. The molecule has 0 fully saturated rings. The Balaban J connectivity index is 1.82. The number of rotatable bonds is 4. The Morgan fingerprint density at radius 2 is 1.84 bits per heavy atom. The van der Waals surface area contributed by atoms with Crippen molar-refractivity contribution in [2.45, 2.75) is 0 Å².